The highest BCUT2D eigenvalue weighted by Crippen LogP contribution is 2.13. The van der Waals surface area contributed by atoms with Gasteiger partial charge >= 0.3 is 12.1 Å². The zero-order chi connectivity index (χ0) is 18.4. The molecule has 0 rings (SSSR count). The molecular weight excluding hydrogens is 306 g/mol. The monoisotopic (exact) mass is 343 g/mol. The van der Waals surface area contributed by atoms with Gasteiger partial charge in [0.1, 0.15) is 5.60 Å². The molecular formula is C19H37NO4. The Morgan fingerprint density at radius 2 is 1.46 bits per heavy atom. The SMILES string of the molecule is CCCCCCCCCCC[C@H](CC(=O)O)NC(=O)OC(C)(C)C. The number of nitrogens with one attached hydrogen (secondary N) is 1. The Hall–Kier alpha value is -1.26. The summed E-state index contributed by atoms with van der Waals surface area (Å²) in [4.78, 5) is 22.7. The molecule has 0 saturated carbocycles. The molecule has 1 atom stereocenters. The Kier molecular flexibility index (Phi) is 12.4. The van der Waals surface area contributed by atoms with Crippen molar-refractivity contribution in [1.82, 2.24) is 5.32 Å². The third-order valence-corrected chi connectivity index (χ3v) is 3.80. The summed E-state index contributed by atoms with van der Waals surface area (Å²) < 4.78 is 5.20. The minimum absolute atomic E-state index is 0.0593. The maximum atomic E-state index is 11.8. The third-order valence-electron chi connectivity index (χ3n) is 3.80. The van der Waals surface area contributed by atoms with Crippen LogP contribution in [0.4, 0.5) is 4.79 Å². The lowest BCUT2D eigenvalue weighted by Gasteiger charge is -2.23. The van der Waals surface area contributed by atoms with E-state index in [9.17, 15) is 9.59 Å². The molecule has 0 spiro atoms. The third kappa shape index (κ3) is 15.6. The number of carbonyl (C=O) groups excluding carboxylic acids is 1. The van der Waals surface area contributed by atoms with Crippen molar-refractivity contribution in [2.45, 2.75) is 110 Å². The summed E-state index contributed by atoms with van der Waals surface area (Å²) in [5.41, 5.74) is -0.574. The number of carboxylic acid groups (broad SMARTS) is 1. The van der Waals surface area contributed by atoms with Gasteiger partial charge in [0, 0.05) is 6.04 Å². The summed E-state index contributed by atoms with van der Waals surface area (Å²) in [7, 11) is 0. The van der Waals surface area contributed by atoms with Crippen LogP contribution in [-0.4, -0.2) is 28.8 Å². The predicted molar refractivity (Wildman–Crippen MR) is 97.3 cm³/mol. The summed E-state index contributed by atoms with van der Waals surface area (Å²) in [5, 5.41) is 11.7. The van der Waals surface area contributed by atoms with Crippen molar-refractivity contribution in [1.29, 1.82) is 0 Å². The molecule has 0 aliphatic heterocycles. The van der Waals surface area contributed by atoms with Crippen molar-refractivity contribution in [3.8, 4) is 0 Å². The fourth-order valence-electron chi connectivity index (χ4n) is 2.61. The minimum atomic E-state index is -0.896. The van der Waals surface area contributed by atoms with Gasteiger partial charge in [-0.15, -0.1) is 0 Å². The molecule has 5 heteroatoms. The number of rotatable bonds is 13. The molecule has 5 nitrogen and oxygen atoms in total. The number of aliphatic carboxylic acids is 1. The normalized spacial score (nSPS) is 12.7. The molecule has 0 aliphatic carbocycles. The summed E-state index contributed by atoms with van der Waals surface area (Å²) >= 11 is 0. The first kappa shape index (κ1) is 22.7. The molecule has 0 saturated heterocycles. The van der Waals surface area contributed by atoms with Crippen molar-refractivity contribution in [3.05, 3.63) is 0 Å². The van der Waals surface area contributed by atoms with Gasteiger partial charge in [-0.05, 0) is 27.2 Å². The first-order valence-electron chi connectivity index (χ1n) is 9.46. The molecule has 0 aromatic heterocycles. The predicted octanol–water partition coefficient (Wildman–Crippen LogP) is 5.28. The van der Waals surface area contributed by atoms with Gasteiger partial charge in [-0.25, -0.2) is 4.79 Å². The lowest BCUT2D eigenvalue weighted by molar-refractivity contribution is -0.137. The van der Waals surface area contributed by atoms with Crippen LogP contribution in [0, 0.1) is 0 Å². The molecule has 0 aromatic rings. The molecule has 0 aliphatic rings. The van der Waals surface area contributed by atoms with Crippen molar-refractivity contribution in [2.24, 2.45) is 0 Å². The molecule has 2 N–H and O–H groups in total. The van der Waals surface area contributed by atoms with Crippen molar-refractivity contribution in [2.75, 3.05) is 0 Å². The van der Waals surface area contributed by atoms with Crippen LogP contribution in [0.25, 0.3) is 0 Å². The van der Waals surface area contributed by atoms with Crippen LogP contribution >= 0.6 is 0 Å². The topological polar surface area (TPSA) is 75.6 Å². The fourth-order valence-corrected chi connectivity index (χ4v) is 2.61. The molecule has 0 fully saturated rings. The standard InChI is InChI=1S/C19H37NO4/c1-5-6-7-8-9-10-11-12-13-14-16(15-17(21)22)20-18(23)24-19(2,3)4/h16H,5-15H2,1-4H3,(H,20,23)(H,21,22)/t16-/m1/s1. The first-order valence-corrected chi connectivity index (χ1v) is 9.46. The Morgan fingerprint density at radius 1 is 0.958 bits per heavy atom. The van der Waals surface area contributed by atoms with E-state index >= 15 is 0 Å². The van der Waals surface area contributed by atoms with Crippen molar-refractivity contribution >= 4 is 12.1 Å². The lowest BCUT2D eigenvalue weighted by Crippen LogP contribution is -2.40. The summed E-state index contributed by atoms with van der Waals surface area (Å²) in [6.07, 6.45) is 11.1. The average Bonchev–Trinajstić information content (AvgIpc) is 2.42. The number of hydrogen-bond donors (Lipinski definition) is 2. The Balaban J connectivity index is 3.91. The number of alkyl carbamates (subject to hydrolysis) is 1. The van der Waals surface area contributed by atoms with E-state index in [1.165, 1.54) is 44.9 Å². The second-order valence-corrected chi connectivity index (χ2v) is 7.56. The van der Waals surface area contributed by atoms with E-state index in [0.29, 0.717) is 6.42 Å². The Bertz CT molecular complexity index is 350. The number of ether oxygens (including phenoxy) is 1. The zero-order valence-electron chi connectivity index (χ0n) is 16.0. The van der Waals surface area contributed by atoms with Crippen LogP contribution in [0.15, 0.2) is 0 Å². The highest BCUT2D eigenvalue weighted by atomic mass is 16.6. The maximum absolute atomic E-state index is 11.8. The van der Waals surface area contributed by atoms with Crippen LogP contribution in [-0.2, 0) is 9.53 Å². The molecule has 0 bridgehead atoms. The van der Waals surface area contributed by atoms with Gasteiger partial charge in [0.2, 0.25) is 0 Å². The van der Waals surface area contributed by atoms with E-state index in [-0.39, 0.29) is 12.5 Å². The smallest absolute Gasteiger partial charge is 0.407 e. The summed E-state index contributed by atoms with van der Waals surface area (Å²) in [6.45, 7) is 7.59. The zero-order valence-corrected chi connectivity index (χ0v) is 16.0. The van der Waals surface area contributed by atoms with Crippen LogP contribution < -0.4 is 5.32 Å². The van der Waals surface area contributed by atoms with E-state index < -0.39 is 17.7 Å². The Labute approximate surface area is 147 Å². The number of unbranched alkanes of at least 4 members (excludes halogenated alkanes) is 8. The number of carbonyl (C=O) groups is 2. The molecule has 142 valence electrons. The average molecular weight is 344 g/mol. The second-order valence-electron chi connectivity index (χ2n) is 7.56. The van der Waals surface area contributed by atoms with Gasteiger partial charge in [0.15, 0.2) is 0 Å². The lowest BCUT2D eigenvalue weighted by atomic mass is 10.0. The second kappa shape index (κ2) is 13.1. The molecule has 1 amide bonds. The minimum Gasteiger partial charge on any atom is -0.481 e. The van der Waals surface area contributed by atoms with E-state index in [2.05, 4.69) is 12.2 Å². The van der Waals surface area contributed by atoms with Crippen LogP contribution in [0.5, 0.6) is 0 Å². The Morgan fingerprint density at radius 3 is 1.92 bits per heavy atom. The fraction of sp³-hybridized carbons (Fsp3) is 0.895. The van der Waals surface area contributed by atoms with Crippen molar-refractivity contribution in [3.63, 3.8) is 0 Å². The van der Waals surface area contributed by atoms with E-state index in [4.69, 9.17) is 9.84 Å². The number of amides is 1. The van der Waals surface area contributed by atoms with Gasteiger partial charge in [-0.2, -0.15) is 0 Å². The highest BCUT2D eigenvalue weighted by molar-refractivity contribution is 5.71. The van der Waals surface area contributed by atoms with E-state index in [1.54, 1.807) is 20.8 Å². The summed E-state index contributed by atoms with van der Waals surface area (Å²) in [6, 6.07) is -0.359. The van der Waals surface area contributed by atoms with Gasteiger partial charge in [0.05, 0.1) is 6.42 Å². The van der Waals surface area contributed by atoms with Gasteiger partial charge in [0.25, 0.3) is 0 Å². The van der Waals surface area contributed by atoms with E-state index in [0.717, 1.165) is 12.8 Å². The van der Waals surface area contributed by atoms with Crippen LogP contribution in [0.3, 0.4) is 0 Å². The van der Waals surface area contributed by atoms with Crippen molar-refractivity contribution < 1.29 is 19.4 Å². The molecule has 0 radical (unpaired) electrons. The number of hydrogen-bond acceptors (Lipinski definition) is 3. The van der Waals surface area contributed by atoms with Crippen LogP contribution in [0.1, 0.15) is 98.3 Å². The highest BCUT2D eigenvalue weighted by Gasteiger charge is 2.20. The largest absolute Gasteiger partial charge is 0.481 e. The molecule has 0 heterocycles. The van der Waals surface area contributed by atoms with Gasteiger partial charge < -0.3 is 15.2 Å². The van der Waals surface area contributed by atoms with Gasteiger partial charge in [-0.1, -0.05) is 64.7 Å². The number of carboxylic acids is 1. The van der Waals surface area contributed by atoms with Crippen LogP contribution in [0.2, 0.25) is 0 Å². The summed E-state index contributed by atoms with van der Waals surface area (Å²) in [5.74, 6) is -0.896. The maximum Gasteiger partial charge on any atom is 0.407 e. The quantitative estimate of drug-likeness (QED) is 0.446. The molecule has 24 heavy (non-hydrogen) atoms. The first-order chi connectivity index (χ1) is 11.2. The van der Waals surface area contributed by atoms with Gasteiger partial charge in [-0.3, -0.25) is 4.79 Å². The van der Waals surface area contributed by atoms with E-state index in [1.807, 2.05) is 0 Å². The molecule has 0 unspecified atom stereocenters. The molecule has 0 aromatic carbocycles.